The molecule has 0 unspecified atom stereocenters. The Balaban J connectivity index is 1.91. The molecular weight excluding hydrogens is 428 g/mol. The summed E-state index contributed by atoms with van der Waals surface area (Å²) in [5, 5.41) is 0. The first kappa shape index (κ1) is 21.5. The Bertz CT molecular complexity index is 1400. The van der Waals surface area contributed by atoms with Crippen LogP contribution in [0.5, 0.6) is 5.75 Å². The zero-order valence-corrected chi connectivity index (χ0v) is 18.5. The molecule has 4 rings (SSSR count). The van der Waals surface area contributed by atoms with Crippen LogP contribution in [-0.2, 0) is 14.3 Å². The summed E-state index contributed by atoms with van der Waals surface area (Å²) in [7, 11) is 1.30. The highest BCUT2D eigenvalue weighted by Crippen LogP contribution is 2.31. The van der Waals surface area contributed by atoms with Crippen LogP contribution in [0, 0.1) is 0 Å². The molecule has 2 heterocycles. The number of esters is 2. The van der Waals surface area contributed by atoms with Crippen LogP contribution in [0.2, 0.25) is 0 Å². The standard InChI is InChI=1S/C24H20N2O5S/c1-14-20(23(29)30-3)21(17-9-11-18(12-10-17)31-15(2)27)26-22(28)19(32-24(26)25-14)13-16-7-5-4-6-8-16/h4-13,21H,1-3H3/b19-13+/t21-/m1/s1. The molecule has 0 fully saturated rings. The Morgan fingerprint density at radius 1 is 1.09 bits per heavy atom. The minimum absolute atomic E-state index is 0.249. The van der Waals surface area contributed by atoms with Gasteiger partial charge in [0.25, 0.3) is 5.56 Å². The van der Waals surface area contributed by atoms with Crippen molar-refractivity contribution in [1.82, 2.24) is 4.57 Å². The lowest BCUT2D eigenvalue weighted by atomic mass is 9.96. The number of thiazole rings is 1. The molecule has 0 saturated heterocycles. The molecule has 1 atom stereocenters. The molecule has 2 aromatic carbocycles. The summed E-state index contributed by atoms with van der Waals surface area (Å²) in [6.45, 7) is 3.04. The van der Waals surface area contributed by atoms with Gasteiger partial charge in [0.1, 0.15) is 5.75 Å². The smallest absolute Gasteiger partial charge is 0.338 e. The van der Waals surface area contributed by atoms with E-state index in [0.717, 1.165) is 5.56 Å². The summed E-state index contributed by atoms with van der Waals surface area (Å²) in [5.74, 6) is -0.617. The SMILES string of the molecule is COC(=O)C1=C(C)N=c2s/c(=C/c3ccccc3)c(=O)n2[C@@H]1c1ccc(OC(C)=O)cc1. The van der Waals surface area contributed by atoms with Crippen molar-refractivity contribution in [2.75, 3.05) is 7.11 Å². The molecule has 8 heteroatoms. The Morgan fingerprint density at radius 3 is 2.41 bits per heavy atom. The lowest BCUT2D eigenvalue weighted by molar-refractivity contribution is -0.136. The zero-order chi connectivity index (χ0) is 22.8. The van der Waals surface area contributed by atoms with Gasteiger partial charge in [-0.05, 0) is 36.3 Å². The topological polar surface area (TPSA) is 87.0 Å². The number of hydrogen-bond acceptors (Lipinski definition) is 7. The van der Waals surface area contributed by atoms with Gasteiger partial charge in [0.2, 0.25) is 0 Å². The second kappa shape index (κ2) is 8.76. The summed E-state index contributed by atoms with van der Waals surface area (Å²) >= 11 is 1.26. The van der Waals surface area contributed by atoms with E-state index in [1.807, 2.05) is 36.4 Å². The molecule has 0 N–H and O–H groups in total. The van der Waals surface area contributed by atoms with Crippen molar-refractivity contribution in [2.24, 2.45) is 4.99 Å². The van der Waals surface area contributed by atoms with Gasteiger partial charge in [0.05, 0.1) is 29.0 Å². The second-order valence-electron chi connectivity index (χ2n) is 7.15. The third-order valence-corrected chi connectivity index (χ3v) is 5.96. The van der Waals surface area contributed by atoms with E-state index in [2.05, 4.69) is 4.99 Å². The van der Waals surface area contributed by atoms with Gasteiger partial charge in [-0.2, -0.15) is 0 Å². The maximum absolute atomic E-state index is 13.4. The van der Waals surface area contributed by atoms with Gasteiger partial charge in [-0.1, -0.05) is 53.8 Å². The molecule has 0 spiro atoms. The molecule has 32 heavy (non-hydrogen) atoms. The molecule has 0 bridgehead atoms. The first-order chi connectivity index (χ1) is 15.4. The van der Waals surface area contributed by atoms with E-state index < -0.39 is 18.0 Å². The monoisotopic (exact) mass is 448 g/mol. The number of benzene rings is 2. The van der Waals surface area contributed by atoms with E-state index in [0.29, 0.717) is 26.3 Å². The number of carbonyl (C=O) groups excluding carboxylic acids is 2. The number of fused-ring (bicyclic) bond motifs is 1. The largest absolute Gasteiger partial charge is 0.466 e. The van der Waals surface area contributed by atoms with E-state index in [-0.39, 0.29) is 11.1 Å². The van der Waals surface area contributed by atoms with Crippen LogP contribution < -0.4 is 19.6 Å². The minimum atomic E-state index is -0.719. The number of methoxy groups -OCH3 is 1. The van der Waals surface area contributed by atoms with Crippen molar-refractivity contribution >= 4 is 29.4 Å². The van der Waals surface area contributed by atoms with Crippen LogP contribution in [-0.4, -0.2) is 23.6 Å². The fraction of sp³-hybridized carbons (Fsp3) is 0.167. The lowest BCUT2D eigenvalue weighted by Gasteiger charge is -2.24. The molecule has 1 aliphatic heterocycles. The number of ether oxygens (including phenoxy) is 2. The van der Waals surface area contributed by atoms with Crippen LogP contribution in [0.15, 0.2) is 75.7 Å². The van der Waals surface area contributed by atoms with Crippen LogP contribution in [0.3, 0.4) is 0 Å². The summed E-state index contributed by atoms with van der Waals surface area (Å²) in [6, 6.07) is 15.5. The Hall–Kier alpha value is -3.78. The quantitative estimate of drug-likeness (QED) is 0.452. The van der Waals surface area contributed by atoms with Crippen molar-refractivity contribution in [3.63, 3.8) is 0 Å². The fourth-order valence-electron chi connectivity index (χ4n) is 3.59. The van der Waals surface area contributed by atoms with Gasteiger partial charge in [-0.15, -0.1) is 0 Å². The first-order valence-electron chi connectivity index (χ1n) is 9.83. The first-order valence-corrected chi connectivity index (χ1v) is 10.6. The highest BCUT2D eigenvalue weighted by atomic mass is 32.1. The maximum Gasteiger partial charge on any atom is 0.338 e. The van der Waals surface area contributed by atoms with Gasteiger partial charge >= 0.3 is 11.9 Å². The number of carbonyl (C=O) groups is 2. The maximum atomic E-state index is 13.4. The van der Waals surface area contributed by atoms with Crippen molar-refractivity contribution in [3.05, 3.63) is 96.7 Å². The summed E-state index contributed by atoms with van der Waals surface area (Å²) < 4.78 is 12.1. The van der Waals surface area contributed by atoms with Crippen LogP contribution in [0.1, 0.15) is 31.0 Å². The molecule has 0 saturated carbocycles. The van der Waals surface area contributed by atoms with Gasteiger partial charge in [-0.3, -0.25) is 14.2 Å². The number of allylic oxidation sites excluding steroid dienone is 1. The molecule has 162 valence electrons. The van der Waals surface area contributed by atoms with E-state index in [4.69, 9.17) is 9.47 Å². The average molecular weight is 449 g/mol. The molecule has 7 nitrogen and oxygen atoms in total. The summed E-state index contributed by atoms with van der Waals surface area (Å²) in [5.41, 5.74) is 2.08. The van der Waals surface area contributed by atoms with Crippen molar-refractivity contribution < 1.29 is 19.1 Å². The average Bonchev–Trinajstić information content (AvgIpc) is 3.07. The highest BCUT2D eigenvalue weighted by Gasteiger charge is 2.33. The van der Waals surface area contributed by atoms with Crippen molar-refractivity contribution in [3.8, 4) is 5.75 Å². The van der Waals surface area contributed by atoms with Crippen LogP contribution >= 0.6 is 11.3 Å². The van der Waals surface area contributed by atoms with Crippen molar-refractivity contribution in [1.29, 1.82) is 0 Å². The number of hydrogen-bond donors (Lipinski definition) is 0. The molecular formula is C24H20N2O5S. The minimum Gasteiger partial charge on any atom is -0.466 e. The highest BCUT2D eigenvalue weighted by molar-refractivity contribution is 7.07. The van der Waals surface area contributed by atoms with E-state index >= 15 is 0 Å². The Morgan fingerprint density at radius 2 is 1.78 bits per heavy atom. The molecule has 1 aromatic heterocycles. The Labute approximate surface area is 187 Å². The van der Waals surface area contributed by atoms with Crippen LogP contribution in [0.25, 0.3) is 6.08 Å². The van der Waals surface area contributed by atoms with Gasteiger partial charge in [-0.25, -0.2) is 9.79 Å². The third kappa shape index (κ3) is 4.04. The fourth-order valence-corrected chi connectivity index (χ4v) is 4.64. The predicted molar refractivity (Wildman–Crippen MR) is 120 cm³/mol. The van der Waals surface area contributed by atoms with E-state index in [1.165, 1.54) is 29.9 Å². The van der Waals surface area contributed by atoms with E-state index in [9.17, 15) is 14.4 Å². The molecule has 0 aliphatic carbocycles. The molecule has 3 aromatic rings. The van der Waals surface area contributed by atoms with Crippen LogP contribution in [0.4, 0.5) is 0 Å². The second-order valence-corrected chi connectivity index (χ2v) is 8.16. The Kier molecular flexibility index (Phi) is 5.87. The van der Waals surface area contributed by atoms with E-state index in [1.54, 1.807) is 31.2 Å². The molecule has 1 aliphatic rings. The van der Waals surface area contributed by atoms with Gasteiger partial charge < -0.3 is 9.47 Å². The summed E-state index contributed by atoms with van der Waals surface area (Å²) in [4.78, 5) is 42.3. The van der Waals surface area contributed by atoms with Crippen molar-refractivity contribution in [2.45, 2.75) is 19.9 Å². The number of aromatic nitrogens is 1. The predicted octanol–water partition coefficient (Wildman–Crippen LogP) is 2.33. The number of rotatable bonds is 4. The molecule has 0 amide bonds. The number of nitrogens with zero attached hydrogens (tertiary/aromatic N) is 2. The summed E-state index contributed by atoms with van der Waals surface area (Å²) in [6.07, 6.45) is 1.81. The molecule has 0 radical (unpaired) electrons. The zero-order valence-electron chi connectivity index (χ0n) is 17.7. The normalized spacial score (nSPS) is 15.7. The van der Waals surface area contributed by atoms with Gasteiger partial charge in [0, 0.05) is 6.92 Å². The third-order valence-electron chi connectivity index (χ3n) is 4.98. The van der Waals surface area contributed by atoms with Gasteiger partial charge in [0.15, 0.2) is 4.80 Å². The lowest BCUT2D eigenvalue weighted by Crippen LogP contribution is -2.39.